The lowest BCUT2D eigenvalue weighted by atomic mass is 10.1. The van der Waals surface area contributed by atoms with E-state index in [9.17, 15) is 8.42 Å². The van der Waals surface area contributed by atoms with Crippen LogP contribution in [0.15, 0.2) is 24.3 Å². The summed E-state index contributed by atoms with van der Waals surface area (Å²) in [5.41, 5.74) is 7.49. The van der Waals surface area contributed by atoms with E-state index in [4.69, 9.17) is 5.73 Å². The minimum Gasteiger partial charge on any atom is -0.327 e. The summed E-state index contributed by atoms with van der Waals surface area (Å²) in [6, 6.07) is 7.19. The van der Waals surface area contributed by atoms with Gasteiger partial charge in [-0.2, -0.15) is 0 Å². The summed E-state index contributed by atoms with van der Waals surface area (Å²) in [6.45, 7) is 5.31. The first kappa shape index (κ1) is 13.2. The zero-order valence-corrected chi connectivity index (χ0v) is 10.8. The van der Waals surface area contributed by atoms with Crippen LogP contribution in [0.3, 0.4) is 0 Å². The van der Waals surface area contributed by atoms with Gasteiger partial charge in [-0.1, -0.05) is 24.3 Å². The Balaban J connectivity index is 2.94. The summed E-state index contributed by atoms with van der Waals surface area (Å²) in [5, 5.41) is -0.507. The quantitative estimate of drug-likeness (QED) is 0.872. The van der Waals surface area contributed by atoms with Crippen molar-refractivity contribution in [3.05, 3.63) is 35.4 Å². The molecule has 16 heavy (non-hydrogen) atoms. The molecule has 90 valence electrons. The third-order valence-electron chi connectivity index (χ3n) is 2.92. The van der Waals surface area contributed by atoms with Crippen LogP contribution < -0.4 is 5.73 Å². The van der Waals surface area contributed by atoms with Crippen LogP contribution in [0, 0.1) is 6.92 Å². The molecule has 1 aromatic carbocycles. The van der Waals surface area contributed by atoms with E-state index >= 15 is 0 Å². The third-order valence-corrected chi connectivity index (χ3v) is 5.20. The van der Waals surface area contributed by atoms with E-state index in [1.807, 2.05) is 31.2 Å². The number of aryl methyl sites for hydroxylation is 1. The van der Waals surface area contributed by atoms with Crippen molar-refractivity contribution >= 4 is 9.84 Å². The first-order valence-corrected chi connectivity index (χ1v) is 7.08. The van der Waals surface area contributed by atoms with Gasteiger partial charge in [0.2, 0.25) is 0 Å². The lowest BCUT2D eigenvalue weighted by Gasteiger charge is -2.17. The first-order valence-electron chi connectivity index (χ1n) is 5.36. The van der Waals surface area contributed by atoms with Crippen molar-refractivity contribution in [1.29, 1.82) is 0 Å². The number of hydrogen-bond donors (Lipinski definition) is 1. The number of rotatable bonds is 4. The number of sulfone groups is 1. The summed E-state index contributed by atoms with van der Waals surface area (Å²) < 4.78 is 24.0. The molecule has 3 nitrogen and oxygen atoms in total. The summed E-state index contributed by atoms with van der Waals surface area (Å²) in [6.07, 6.45) is 0. The van der Waals surface area contributed by atoms with Gasteiger partial charge in [0.15, 0.2) is 9.84 Å². The SMILES string of the molecule is Cc1ccccc1CS(=O)(=O)C(C)C(C)N. The number of hydrogen-bond acceptors (Lipinski definition) is 3. The molecule has 2 unspecified atom stereocenters. The summed E-state index contributed by atoms with van der Waals surface area (Å²) in [7, 11) is -3.16. The van der Waals surface area contributed by atoms with Crippen molar-refractivity contribution in [3.8, 4) is 0 Å². The maximum Gasteiger partial charge on any atom is 0.158 e. The molecular weight excluding hydrogens is 222 g/mol. The zero-order valence-electron chi connectivity index (χ0n) is 9.97. The third kappa shape index (κ3) is 3.06. The highest BCUT2D eigenvalue weighted by Crippen LogP contribution is 2.16. The van der Waals surface area contributed by atoms with Crippen LogP contribution >= 0.6 is 0 Å². The molecule has 0 saturated heterocycles. The van der Waals surface area contributed by atoms with E-state index in [0.717, 1.165) is 11.1 Å². The normalized spacial score (nSPS) is 15.8. The maximum absolute atomic E-state index is 12.0. The molecule has 0 aliphatic carbocycles. The Morgan fingerprint density at radius 1 is 1.25 bits per heavy atom. The van der Waals surface area contributed by atoms with Crippen LogP contribution in [0.1, 0.15) is 25.0 Å². The van der Waals surface area contributed by atoms with Crippen LogP contribution in [0.25, 0.3) is 0 Å². The summed E-state index contributed by atoms with van der Waals surface area (Å²) >= 11 is 0. The highest BCUT2D eigenvalue weighted by atomic mass is 32.2. The van der Waals surface area contributed by atoms with Crippen molar-refractivity contribution in [1.82, 2.24) is 0 Å². The van der Waals surface area contributed by atoms with Crippen molar-refractivity contribution in [3.63, 3.8) is 0 Å². The predicted octanol–water partition coefficient (Wildman–Crippen LogP) is 1.65. The minimum atomic E-state index is -3.16. The van der Waals surface area contributed by atoms with Gasteiger partial charge in [-0.25, -0.2) is 8.42 Å². The zero-order chi connectivity index (χ0) is 12.3. The molecule has 0 bridgehead atoms. The first-order chi connectivity index (χ1) is 7.34. The Kier molecular flexibility index (Phi) is 4.10. The maximum atomic E-state index is 12.0. The van der Waals surface area contributed by atoms with Crippen molar-refractivity contribution in [2.24, 2.45) is 5.73 Å². The Hall–Kier alpha value is -0.870. The molecule has 0 saturated carbocycles. The molecular formula is C12H19NO2S. The molecule has 0 aliphatic heterocycles. The molecule has 0 aromatic heterocycles. The second-order valence-corrected chi connectivity index (χ2v) is 6.66. The fourth-order valence-corrected chi connectivity index (χ4v) is 3.12. The monoisotopic (exact) mass is 241 g/mol. The van der Waals surface area contributed by atoms with Crippen LogP contribution in [-0.2, 0) is 15.6 Å². The molecule has 0 fully saturated rings. The summed E-state index contributed by atoms with van der Waals surface area (Å²) in [5.74, 6) is 0.0718. The lowest BCUT2D eigenvalue weighted by molar-refractivity contribution is 0.567. The Morgan fingerprint density at radius 2 is 1.81 bits per heavy atom. The molecule has 4 heteroatoms. The Bertz CT molecular complexity index is 452. The highest BCUT2D eigenvalue weighted by molar-refractivity contribution is 7.91. The van der Waals surface area contributed by atoms with E-state index in [-0.39, 0.29) is 11.8 Å². The second-order valence-electron chi connectivity index (χ2n) is 4.30. The summed E-state index contributed by atoms with van der Waals surface area (Å²) in [4.78, 5) is 0. The molecule has 2 N–H and O–H groups in total. The molecule has 2 atom stereocenters. The van der Waals surface area contributed by atoms with Gasteiger partial charge < -0.3 is 5.73 Å². The molecule has 1 rings (SSSR count). The molecule has 0 amide bonds. The van der Waals surface area contributed by atoms with Crippen LogP contribution in [0.2, 0.25) is 0 Å². The molecule has 0 radical (unpaired) electrons. The van der Waals surface area contributed by atoms with Crippen molar-refractivity contribution < 1.29 is 8.42 Å². The van der Waals surface area contributed by atoms with E-state index in [1.54, 1.807) is 13.8 Å². The molecule has 0 aliphatic rings. The molecule has 1 aromatic rings. The molecule has 0 heterocycles. The smallest absolute Gasteiger partial charge is 0.158 e. The predicted molar refractivity (Wildman–Crippen MR) is 66.9 cm³/mol. The topological polar surface area (TPSA) is 60.2 Å². The fraction of sp³-hybridized carbons (Fsp3) is 0.500. The average Bonchev–Trinajstić information content (AvgIpc) is 2.20. The van der Waals surface area contributed by atoms with E-state index in [0.29, 0.717) is 0 Å². The molecule has 0 spiro atoms. The van der Waals surface area contributed by atoms with Gasteiger partial charge in [0, 0.05) is 6.04 Å². The van der Waals surface area contributed by atoms with Gasteiger partial charge in [-0.15, -0.1) is 0 Å². The lowest BCUT2D eigenvalue weighted by Crippen LogP contribution is -2.36. The average molecular weight is 241 g/mol. The second kappa shape index (κ2) is 4.97. The number of nitrogens with two attached hydrogens (primary N) is 1. The van der Waals surface area contributed by atoms with Gasteiger partial charge in [-0.05, 0) is 31.9 Å². The van der Waals surface area contributed by atoms with E-state index < -0.39 is 15.1 Å². The van der Waals surface area contributed by atoms with Gasteiger partial charge in [0.1, 0.15) is 0 Å². The standard InChI is InChI=1S/C12H19NO2S/c1-9-6-4-5-7-12(9)8-16(14,15)11(3)10(2)13/h4-7,10-11H,8,13H2,1-3H3. The highest BCUT2D eigenvalue weighted by Gasteiger charge is 2.24. The van der Waals surface area contributed by atoms with Gasteiger partial charge in [0.05, 0.1) is 11.0 Å². The van der Waals surface area contributed by atoms with Gasteiger partial charge >= 0.3 is 0 Å². The van der Waals surface area contributed by atoms with Crippen molar-refractivity contribution in [2.45, 2.75) is 37.8 Å². The van der Waals surface area contributed by atoms with Crippen LogP contribution in [-0.4, -0.2) is 19.7 Å². The van der Waals surface area contributed by atoms with E-state index in [1.165, 1.54) is 0 Å². The van der Waals surface area contributed by atoms with Gasteiger partial charge in [-0.3, -0.25) is 0 Å². The minimum absolute atomic E-state index is 0.0718. The van der Waals surface area contributed by atoms with Crippen LogP contribution in [0.4, 0.5) is 0 Å². The van der Waals surface area contributed by atoms with E-state index in [2.05, 4.69) is 0 Å². The Labute approximate surface area is 97.6 Å². The van der Waals surface area contributed by atoms with Crippen LogP contribution in [0.5, 0.6) is 0 Å². The number of benzene rings is 1. The largest absolute Gasteiger partial charge is 0.327 e. The van der Waals surface area contributed by atoms with Gasteiger partial charge in [0.25, 0.3) is 0 Å². The Morgan fingerprint density at radius 3 is 2.31 bits per heavy atom. The fourth-order valence-electron chi connectivity index (χ4n) is 1.45. The van der Waals surface area contributed by atoms with Crippen molar-refractivity contribution in [2.75, 3.05) is 0 Å².